The molecule has 0 aromatic rings. The van der Waals surface area contributed by atoms with Crippen molar-refractivity contribution in [2.45, 2.75) is 33.1 Å². The summed E-state index contributed by atoms with van der Waals surface area (Å²) in [5.41, 5.74) is 0. The van der Waals surface area contributed by atoms with Crippen LogP contribution in [0.4, 0.5) is 0 Å². The van der Waals surface area contributed by atoms with E-state index in [4.69, 9.17) is 5.11 Å². The summed E-state index contributed by atoms with van der Waals surface area (Å²) >= 11 is 0. The monoisotopic (exact) mass is 187 g/mol. The molecular weight excluding hydrogens is 170 g/mol. The summed E-state index contributed by atoms with van der Waals surface area (Å²) in [6, 6.07) is 0. The molecule has 1 rings (SSSR count). The molecule has 1 unspecified atom stereocenters. The molecule has 0 spiro atoms. The van der Waals surface area contributed by atoms with Crippen LogP contribution in [0, 0.1) is 5.92 Å². The zero-order valence-corrected chi connectivity index (χ0v) is 8.17. The average molecular weight is 187 g/mol. The van der Waals surface area contributed by atoms with E-state index in [1.165, 1.54) is 0 Å². The van der Waals surface area contributed by atoms with Gasteiger partial charge in [-0.25, -0.2) is 0 Å². The van der Waals surface area contributed by atoms with Crippen LogP contribution in [0.2, 0.25) is 0 Å². The molecule has 0 aromatic carbocycles. The summed E-state index contributed by atoms with van der Waals surface area (Å²) in [7, 11) is 0. The average Bonchev–Trinajstić information content (AvgIpc) is 2.06. The van der Waals surface area contributed by atoms with Gasteiger partial charge in [-0.05, 0) is 12.3 Å². The van der Waals surface area contributed by atoms with Crippen LogP contribution in [0.25, 0.3) is 0 Å². The smallest absolute Gasteiger partial charge is 0.303 e. The molecule has 1 amide bonds. The SMILES string of the molecule is CC.O=C(O)CC1CCNC(=O)C1. The number of carbonyl (C=O) groups is 2. The summed E-state index contributed by atoms with van der Waals surface area (Å²) in [6.07, 6.45) is 1.28. The standard InChI is InChI=1S/C7H11NO3.C2H6/c9-6-3-5(1-2-8-6)4-7(10)11;1-2/h5H,1-4H2,(H,8,9)(H,10,11);1-2H3. The van der Waals surface area contributed by atoms with Gasteiger partial charge in [0.15, 0.2) is 0 Å². The lowest BCUT2D eigenvalue weighted by Crippen LogP contribution is -2.34. The molecule has 1 saturated heterocycles. The van der Waals surface area contributed by atoms with Crippen molar-refractivity contribution in [2.24, 2.45) is 5.92 Å². The number of aliphatic carboxylic acids is 1. The highest BCUT2D eigenvalue weighted by molar-refractivity contribution is 5.78. The van der Waals surface area contributed by atoms with E-state index in [0.29, 0.717) is 13.0 Å². The first kappa shape index (κ1) is 11.9. The van der Waals surface area contributed by atoms with Gasteiger partial charge in [-0.1, -0.05) is 13.8 Å². The Labute approximate surface area is 78.3 Å². The van der Waals surface area contributed by atoms with Gasteiger partial charge in [-0.3, -0.25) is 9.59 Å². The Morgan fingerprint density at radius 1 is 1.62 bits per heavy atom. The number of piperidine rings is 1. The predicted molar refractivity (Wildman–Crippen MR) is 49.3 cm³/mol. The van der Waals surface area contributed by atoms with E-state index < -0.39 is 5.97 Å². The third kappa shape index (κ3) is 5.22. The first-order valence-corrected chi connectivity index (χ1v) is 4.67. The second-order valence-corrected chi connectivity index (χ2v) is 2.81. The molecule has 0 aromatic heterocycles. The Balaban J connectivity index is 0.000000671. The number of rotatable bonds is 2. The van der Waals surface area contributed by atoms with E-state index in [-0.39, 0.29) is 18.2 Å². The minimum atomic E-state index is -0.815. The molecule has 0 bridgehead atoms. The molecule has 0 saturated carbocycles. The minimum Gasteiger partial charge on any atom is -0.481 e. The van der Waals surface area contributed by atoms with Crippen molar-refractivity contribution in [1.82, 2.24) is 5.32 Å². The van der Waals surface area contributed by atoms with Gasteiger partial charge in [0.05, 0.1) is 0 Å². The first-order chi connectivity index (χ1) is 6.18. The van der Waals surface area contributed by atoms with Gasteiger partial charge in [0.2, 0.25) is 5.91 Å². The molecule has 0 aliphatic carbocycles. The van der Waals surface area contributed by atoms with Gasteiger partial charge >= 0.3 is 5.97 Å². The third-order valence-corrected chi connectivity index (χ3v) is 1.81. The van der Waals surface area contributed by atoms with Crippen LogP contribution in [-0.2, 0) is 9.59 Å². The lowest BCUT2D eigenvalue weighted by atomic mass is 9.94. The van der Waals surface area contributed by atoms with E-state index in [9.17, 15) is 9.59 Å². The first-order valence-electron chi connectivity index (χ1n) is 4.67. The fourth-order valence-corrected chi connectivity index (χ4v) is 1.27. The van der Waals surface area contributed by atoms with Crippen LogP contribution in [0.15, 0.2) is 0 Å². The zero-order chi connectivity index (χ0) is 10.3. The van der Waals surface area contributed by atoms with Gasteiger partial charge in [0.25, 0.3) is 0 Å². The molecule has 76 valence electrons. The highest BCUT2D eigenvalue weighted by atomic mass is 16.4. The maximum absolute atomic E-state index is 10.8. The molecule has 1 fully saturated rings. The Hall–Kier alpha value is -1.06. The number of amides is 1. The van der Waals surface area contributed by atoms with Crippen LogP contribution in [0.1, 0.15) is 33.1 Å². The summed E-state index contributed by atoms with van der Waals surface area (Å²) in [5.74, 6) is -0.798. The van der Waals surface area contributed by atoms with Crippen molar-refractivity contribution in [3.8, 4) is 0 Å². The highest BCUT2D eigenvalue weighted by Gasteiger charge is 2.20. The maximum Gasteiger partial charge on any atom is 0.303 e. The van der Waals surface area contributed by atoms with Crippen LogP contribution >= 0.6 is 0 Å². The second kappa shape index (κ2) is 6.46. The number of carbonyl (C=O) groups excluding carboxylic acids is 1. The van der Waals surface area contributed by atoms with Crippen LogP contribution in [-0.4, -0.2) is 23.5 Å². The number of carboxylic acids is 1. The zero-order valence-electron chi connectivity index (χ0n) is 8.17. The van der Waals surface area contributed by atoms with Crippen LogP contribution in [0.3, 0.4) is 0 Å². The molecule has 2 N–H and O–H groups in total. The largest absolute Gasteiger partial charge is 0.481 e. The predicted octanol–water partition coefficient (Wildman–Crippen LogP) is 1.01. The topological polar surface area (TPSA) is 66.4 Å². The minimum absolute atomic E-state index is 0.0255. The molecule has 4 nitrogen and oxygen atoms in total. The molecular formula is C9H17NO3. The number of hydrogen-bond acceptors (Lipinski definition) is 2. The fourth-order valence-electron chi connectivity index (χ4n) is 1.27. The third-order valence-electron chi connectivity index (χ3n) is 1.81. The lowest BCUT2D eigenvalue weighted by Gasteiger charge is -2.19. The van der Waals surface area contributed by atoms with E-state index in [2.05, 4.69) is 5.32 Å². The van der Waals surface area contributed by atoms with Gasteiger partial charge < -0.3 is 10.4 Å². The summed E-state index contributed by atoms with van der Waals surface area (Å²) in [5, 5.41) is 11.1. The van der Waals surface area contributed by atoms with Crippen molar-refractivity contribution in [1.29, 1.82) is 0 Å². The Bertz CT molecular complexity index is 178. The Morgan fingerprint density at radius 2 is 2.23 bits per heavy atom. The highest BCUT2D eigenvalue weighted by Crippen LogP contribution is 2.15. The molecule has 1 aliphatic heterocycles. The van der Waals surface area contributed by atoms with Gasteiger partial charge in [-0.2, -0.15) is 0 Å². The van der Waals surface area contributed by atoms with Crippen LogP contribution < -0.4 is 5.32 Å². The van der Waals surface area contributed by atoms with Gasteiger partial charge in [0, 0.05) is 19.4 Å². The molecule has 13 heavy (non-hydrogen) atoms. The van der Waals surface area contributed by atoms with E-state index >= 15 is 0 Å². The quantitative estimate of drug-likeness (QED) is 0.678. The van der Waals surface area contributed by atoms with Crippen molar-refractivity contribution in [3.63, 3.8) is 0 Å². The summed E-state index contributed by atoms with van der Waals surface area (Å²) in [6.45, 7) is 4.62. The number of carboxylic acid groups (broad SMARTS) is 1. The van der Waals surface area contributed by atoms with Gasteiger partial charge in [0.1, 0.15) is 0 Å². The molecule has 1 heterocycles. The lowest BCUT2D eigenvalue weighted by molar-refractivity contribution is -0.138. The summed E-state index contributed by atoms with van der Waals surface area (Å²) < 4.78 is 0. The van der Waals surface area contributed by atoms with E-state index in [1.54, 1.807) is 0 Å². The van der Waals surface area contributed by atoms with E-state index in [0.717, 1.165) is 6.42 Å². The molecule has 1 atom stereocenters. The van der Waals surface area contributed by atoms with Crippen molar-refractivity contribution < 1.29 is 14.7 Å². The Kier molecular flexibility index (Phi) is 5.93. The number of nitrogens with one attached hydrogen (secondary N) is 1. The molecule has 4 heteroatoms. The molecule has 1 aliphatic rings. The second-order valence-electron chi connectivity index (χ2n) is 2.81. The van der Waals surface area contributed by atoms with Crippen molar-refractivity contribution in [3.05, 3.63) is 0 Å². The van der Waals surface area contributed by atoms with Crippen LogP contribution in [0.5, 0.6) is 0 Å². The Morgan fingerprint density at radius 3 is 2.69 bits per heavy atom. The van der Waals surface area contributed by atoms with E-state index in [1.807, 2.05) is 13.8 Å². The van der Waals surface area contributed by atoms with Crippen molar-refractivity contribution in [2.75, 3.05) is 6.54 Å². The maximum atomic E-state index is 10.8. The molecule has 0 radical (unpaired) electrons. The van der Waals surface area contributed by atoms with Crippen molar-refractivity contribution >= 4 is 11.9 Å². The summed E-state index contributed by atoms with van der Waals surface area (Å²) in [4.78, 5) is 21.0. The number of hydrogen-bond donors (Lipinski definition) is 2. The van der Waals surface area contributed by atoms with Gasteiger partial charge in [-0.15, -0.1) is 0 Å². The normalized spacial score (nSPS) is 21.1. The fraction of sp³-hybridized carbons (Fsp3) is 0.778.